The number of fused-ring (bicyclic) bond motifs is 1. The number of anilines is 1. The van der Waals surface area contributed by atoms with Gasteiger partial charge in [0, 0.05) is 30.7 Å². The zero-order chi connectivity index (χ0) is 19.8. The van der Waals surface area contributed by atoms with E-state index in [1.165, 1.54) is 17.0 Å². The van der Waals surface area contributed by atoms with Crippen LogP contribution in [0.5, 0.6) is 0 Å². The molecule has 9 heteroatoms. The molecule has 2 aromatic heterocycles. The lowest BCUT2D eigenvalue weighted by molar-refractivity contribution is 0.391. The second kappa shape index (κ2) is 7.20. The summed E-state index contributed by atoms with van der Waals surface area (Å²) in [5.41, 5.74) is 0.872. The number of nitrogens with zero attached hydrogens (tertiary/aromatic N) is 6. The monoisotopic (exact) mass is 440 g/mol. The summed E-state index contributed by atoms with van der Waals surface area (Å²) < 4.78 is 3.90. The minimum atomic E-state index is -0.525. The van der Waals surface area contributed by atoms with Gasteiger partial charge in [-0.15, -0.1) is 0 Å². The molecule has 1 aliphatic rings. The molecule has 0 spiro atoms. The second-order valence-electron chi connectivity index (χ2n) is 6.77. The minimum Gasteiger partial charge on any atom is -0.341 e. The number of halogens is 1. The molecule has 0 atom stereocenters. The molecule has 0 aliphatic carbocycles. The molecule has 0 amide bonds. The quantitative estimate of drug-likeness (QED) is 0.565. The molecule has 142 valence electrons. The van der Waals surface area contributed by atoms with Crippen molar-refractivity contribution in [1.82, 2.24) is 19.1 Å². The third-order valence-electron chi connectivity index (χ3n) is 5.14. The van der Waals surface area contributed by atoms with E-state index in [4.69, 9.17) is 5.26 Å². The van der Waals surface area contributed by atoms with Gasteiger partial charge in [0.1, 0.15) is 6.07 Å². The van der Waals surface area contributed by atoms with E-state index in [1.807, 2.05) is 29.2 Å². The Morgan fingerprint density at radius 2 is 1.79 bits per heavy atom. The Bertz CT molecular complexity index is 1200. The van der Waals surface area contributed by atoms with E-state index in [1.54, 1.807) is 11.6 Å². The van der Waals surface area contributed by atoms with Gasteiger partial charge in [0.2, 0.25) is 5.95 Å². The van der Waals surface area contributed by atoms with Crippen molar-refractivity contribution in [2.75, 3.05) is 18.0 Å². The van der Waals surface area contributed by atoms with Crippen LogP contribution in [0.15, 0.2) is 44.7 Å². The third-order valence-corrected chi connectivity index (χ3v) is 5.64. The van der Waals surface area contributed by atoms with Crippen molar-refractivity contribution < 1.29 is 0 Å². The summed E-state index contributed by atoms with van der Waals surface area (Å²) in [5, 5.41) is 8.87. The van der Waals surface area contributed by atoms with Gasteiger partial charge in [-0.05, 0) is 31.0 Å². The molecule has 0 unspecified atom stereocenters. The molecule has 1 fully saturated rings. The Kier molecular flexibility index (Phi) is 4.73. The van der Waals surface area contributed by atoms with Gasteiger partial charge in [-0.3, -0.25) is 14.2 Å². The molecular formula is C19H17BrN6O2. The average molecular weight is 441 g/mol. The van der Waals surface area contributed by atoms with Crippen LogP contribution in [-0.2, 0) is 7.05 Å². The van der Waals surface area contributed by atoms with Crippen molar-refractivity contribution in [1.29, 1.82) is 5.26 Å². The number of benzene rings is 1. The maximum Gasteiger partial charge on any atom is 0.317 e. The van der Waals surface area contributed by atoms with E-state index >= 15 is 0 Å². The van der Waals surface area contributed by atoms with Crippen molar-refractivity contribution in [2.45, 2.75) is 18.9 Å². The third kappa shape index (κ3) is 3.10. The number of piperidine rings is 1. The molecule has 28 heavy (non-hydrogen) atoms. The zero-order valence-corrected chi connectivity index (χ0v) is 16.8. The largest absolute Gasteiger partial charge is 0.341 e. The SMILES string of the molecule is Cn1c(=O)c(=O)n(C2CCN(c3ncc(C#N)cn3)CC2)c2ccc(Br)cc21. The molecule has 0 saturated carbocycles. The maximum atomic E-state index is 12.8. The number of hydrogen-bond acceptors (Lipinski definition) is 6. The fourth-order valence-electron chi connectivity index (χ4n) is 3.66. The Labute approximate surface area is 168 Å². The minimum absolute atomic E-state index is 0.0697. The van der Waals surface area contributed by atoms with Gasteiger partial charge in [-0.1, -0.05) is 15.9 Å². The zero-order valence-electron chi connectivity index (χ0n) is 15.2. The van der Waals surface area contributed by atoms with Crippen LogP contribution in [0.25, 0.3) is 11.0 Å². The van der Waals surface area contributed by atoms with E-state index < -0.39 is 11.1 Å². The molecule has 3 aromatic rings. The molecule has 0 N–H and O–H groups in total. The van der Waals surface area contributed by atoms with Crippen LogP contribution >= 0.6 is 15.9 Å². The lowest BCUT2D eigenvalue weighted by Gasteiger charge is -2.33. The van der Waals surface area contributed by atoms with Gasteiger partial charge in [-0.25, -0.2) is 9.97 Å². The van der Waals surface area contributed by atoms with Crippen molar-refractivity contribution in [3.05, 3.63) is 61.3 Å². The predicted octanol–water partition coefficient (Wildman–Crippen LogP) is 1.97. The number of hydrogen-bond donors (Lipinski definition) is 0. The molecule has 8 nitrogen and oxygen atoms in total. The number of aryl methyl sites for hydroxylation is 1. The maximum absolute atomic E-state index is 12.8. The van der Waals surface area contributed by atoms with Gasteiger partial charge in [0.05, 0.1) is 29.0 Å². The first-order valence-electron chi connectivity index (χ1n) is 8.87. The molecule has 1 aliphatic heterocycles. The molecular weight excluding hydrogens is 424 g/mol. The lowest BCUT2D eigenvalue weighted by atomic mass is 10.0. The number of aromatic nitrogens is 4. The van der Waals surface area contributed by atoms with Crippen LogP contribution in [0.4, 0.5) is 5.95 Å². The van der Waals surface area contributed by atoms with E-state index in [2.05, 4.69) is 25.9 Å². The predicted molar refractivity (Wildman–Crippen MR) is 108 cm³/mol. The summed E-state index contributed by atoms with van der Waals surface area (Å²) in [5.74, 6) is 0.572. The first-order valence-corrected chi connectivity index (χ1v) is 9.67. The van der Waals surface area contributed by atoms with Crippen LogP contribution in [0.3, 0.4) is 0 Å². The number of nitriles is 1. The Balaban J connectivity index is 1.66. The van der Waals surface area contributed by atoms with E-state index in [9.17, 15) is 9.59 Å². The van der Waals surface area contributed by atoms with Crippen LogP contribution in [-0.4, -0.2) is 32.2 Å². The van der Waals surface area contributed by atoms with Gasteiger partial charge in [0.15, 0.2) is 0 Å². The molecule has 0 radical (unpaired) electrons. The summed E-state index contributed by atoms with van der Waals surface area (Å²) >= 11 is 3.43. The topological polar surface area (TPSA) is 96.8 Å². The fourth-order valence-corrected chi connectivity index (χ4v) is 4.01. The Hall–Kier alpha value is -2.99. The molecule has 1 aromatic carbocycles. The normalized spacial score (nSPS) is 15.0. The molecule has 1 saturated heterocycles. The highest BCUT2D eigenvalue weighted by Crippen LogP contribution is 2.27. The second-order valence-corrected chi connectivity index (χ2v) is 7.69. The summed E-state index contributed by atoms with van der Waals surface area (Å²) in [6.45, 7) is 1.33. The first kappa shape index (κ1) is 18.4. The lowest BCUT2D eigenvalue weighted by Crippen LogP contribution is -2.45. The van der Waals surface area contributed by atoms with Crippen LogP contribution < -0.4 is 16.0 Å². The fraction of sp³-hybridized carbons (Fsp3) is 0.316. The van der Waals surface area contributed by atoms with Crippen LogP contribution in [0, 0.1) is 11.3 Å². The smallest absolute Gasteiger partial charge is 0.317 e. The van der Waals surface area contributed by atoms with Gasteiger partial charge in [-0.2, -0.15) is 5.26 Å². The van der Waals surface area contributed by atoms with E-state index in [-0.39, 0.29) is 6.04 Å². The van der Waals surface area contributed by atoms with Gasteiger partial charge < -0.3 is 9.47 Å². The van der Waals surface area contributed by atoms with Crippen LogP contribution in [0.1, 0.15) is 24.4 Å². The highest BCUT2D eigenvalue weighted by molar-refractivity contribution is 9.10. The first-order chi connectivity index (χ1) is 13.5. The van der Waals surface area contributed by atoms with Gasteiger partial charge in [0.25, 0.3) is 0 Å². The standard InChI is InChI=1S/C19H17BrN6O2/c1-24-16-8-13(20)2-3-15(16)26(18(28)17(24)27)14-4-6-25(7-5-14)19-22-10-12(9-21)11-23-19/h2-3,8,10-11,14H,4-7H2,1H3. The average Bonchev–Trinajstić information content (AvgIpc) is 2.73. The van der Waals surface area contributed by atoms with Crippen molar-refractivity contribution in [2.24, 2.45) is 7.05 Å². The summed E-state index contributed by atoms with van der Waals surface area (Å²) in [4.78, 5) is 35.7. The Morgan fingerprint density at radius 1 is 1.11 bits per heavy atom. The summed E-state index contributed by atoms with van der Waals surface area (Å²) in [6.07, 6.45) is 4.40. The van der Waals surface area contributed by atoms with Crippen molar-refractivity contribution >= 4 is 32.9 Å². The molecule has 0 bridgehead atoms. The highest BCUT2D eigenvalue weighted by atomic mass is 79.9. The Morgan fingerprint density at radius 3 is 2.43 bits per heavy atom. The summed E-state index contributed by atoms with van der Waals surface area (Å²) in [6, 6.07) is 7.54. The molecule has 4 rings (SSSR count). The van der Waals surface area contributed by atoms with Gasteiger partial charge >= 0.3 is 11.1 Å². The highest BCUT2D eigenvalue weighted by Gasteiger charge is 2.25. The summed E-state index contributed by atoms with van der Waals surface area (Å²) in [7, 11) is 1.62. The van der Waals surface area contributed by atoms with Crippen molar-refractivity contribution in [3.63, 3.8) is 0 Å². The van der Waals surface area contributed by atoms with Crippen LogP contribution in [0.2, 0.25) is 0 Å². The van der Waals surface area contributed by atoms with E-state index in [0.29, 0.717) is 37.4 Å². The number of rotatable bonds is 2. The van der Waals surface area contributed by atoms with Crippen molar-refractivity contribution in [3.8, 4) is 6.07 Å². The molecule has 3 heterocycles. The van der Waals surface area contributed by atoms with E-state index in [0.717, 1.165) is 15.5 Å².